The molecular formula is C15H20N2OS. The van der Waals surface area contributed by atoms with E-state index in [1.807, 2.05) is 23.0 Å². The molecule has 1 heterocycles. The van der Waals surface area contributed by atoms with Crippen LogP contribution in [0.4, 0.5) is 0 Å². The number of nitrogens with one attached hydrogen (secondary N) is 1. The van der Waals surface area contributed by atoms with E-state index in [1.54, 1.807) is 11.3 Å². The topological polar surface area (TPSA) is 34.1 Å². The summed E-state index contributed by atoms with van der Waals surface area (Å²) in [6, 6.07) is 8.18. The average Bonchev–Trinajstić information content (AvgIpc) is 2.87. The van der Waals surface area contributed by atoms with Crippen molar-refractivity contribution >= 4 is 11.3 Å². The van der Waals surface area contributed by atoms with E-state index in [2.05, 4.69) is 43.2 Å². The zero-order valence-corrected chi connectivity index (χ0v) is 12.5. The molecule has 0 saturated heterocycles. The normalized spacial score (nSPS) is 11.5. The van der Waals surface area contributed by atoms with Crippen LogP contribution in [0.2, 0.25) is 0 Å². The third-order valence-corrected chi connectivity index (χ3v) is 3.23. The summed E-state index contributed by atoms with van der Waals surface area (Å²) in [6.07, 6.45) is 0. The summed E-state index contributed by atoms with van der Waals surface area (Å²) >= 11 is 1.59. The van der Waals surface area contributed by atoms with Crippen LogP contribution in [0.15, 0.2) is 35.2 Å². The fourth-order valence-electron chi connectivity index (χ4n) is 1.58. The van der Waals surface area contributed by atoms with Crippen LogP contribution < -0.4 is 10.1 Å². The van der Waals surface area contributed by atoms with Gasteiger partial charge in [0.25, 0.3) is 0 Å². The van der Waals surface area contributed by atoms with Gasteiger partial charge in [0.15, 0.2) is 0 Å². The Balaban J connectivity index is 1.91. The molecule has 0 atom stereocenters. The summed E-state index contributed by atoms with van der Waals surface area (Å²) < 4.78 is 5.74. The molecule has 1 N–H and O–H groups in total. The van der Waals surface area contributed by atoms with Crippen molar-refractivity contribution in [2.24, 2.45) is 0 Å². The first-order valence-electron chi connectivity index (χ1n) is 6.37. The van der Waals surface area contributed by atoms with Gasteiger partial charge in [-0.1, -0.05) is 12.1 Å². The molecule has 1 aromatic carbocycles. The number of ether oxygens (including phenoxy) is 1. The molecule has 0 amide bonds. The second-order valence-corrected chi connectivity index (χ2v) is 6.24. The molecule has 0 aliphatic heterocycles. The van der Waals surface area contributed by atoms with Gasteiger partial charge in [-0.05, 0) is 38.5 Å². The maximum absolute atomic E-state index is 5.74. The number of nitrogens with zero attached hydrogens (tertiary/aromatic N) is 1. The molecule has 2 aromatic rings. The highest BCUT2D eigenvalue weighted by Crippen LogP contribution is 2.16. The summed E-state index contributed by atoms with van der Waals surface area (Å²) in [4.78, 5) is 4.20. The fraction of sp³-hybridized carbons (Fsp3) is 0.400. The van der Waals surface area contributed by atoms with Crippen LogP contribution in [0.1, 0.15) is 32.0 Å². The van der Waals surface area contributed by atoms with Gasteiger partial charge in [0, 0.05) is 17.5 Å². The maximum atomic E-state index is 5.74. The van der Waals surface area contributed by atoms with Crippen LogP contribution in [0.25, 0.3) is 0 Å². The van der Waals surface area contributed by atoms with Gasteiger partial charge in [0.2, 0.25) is 0 Å². The van der Waals surface area contributed by atoms with E-state index in [0.29, 0.717) is 6.61 Å². The van der Waals surface area contributed by atoms with Gasteiger partial charge in [0.1, 0.15) is 12.4 Å². The lowest BCUT2D eigenvalue weighted by atomic mass is 10.1. The summed E-state index contributed by atoms with van der Waals surface area (Å²) in [5.74, 6) is 0.890. The van der Waals surface area contributed by atoms with Gasteiger partial charge >= 0.3 is 0 Å². The van der Waals surface area contributed by atoms with E-state index in [4.69, 9.17) is 4.74 Å². The number of rotatable bonds is 5. The van der Waals surface area contributed by atoms with Crippen LogP contribution in [-0.2, 0) is 13.2 Å². The Labute approximate surface area is 118 Å². The minimum absolute atomic E-state index is 0.122. The molecule has 0 radical (unpaired) electrons. The van der Waals surface area contributed by atoms with Gasteiger partial charge in [-0.2, -0.15) is 0 Å². The average molecular weight is 276 g/mol. The Morgan fingerprint density at radius 1 is 1.32 bits per heavy atom. The highest BCUT2D eigenvalue weighted by molar-refractivity contribution is 7.07. The zero-order chi connectivity index (χ0) is 13.7. The molecule has 0 spiro atoms. The third-order valence-electron chi connectivity index (χ3n) is 2.59. The highest BCUT2D eigenvalue weighted by atomic mass is 32.1. The lowest BCUT2D eigenvalue weighted by Gasteiger charge is -2.20. The highest BCUT2D eigenvalue weighted by Gasteiger charge is 2.08. The summed E-state index contributed by atoms with van der Waals surface area (Å²) in [6.45, 7) is 7.86. The van der Waals surface area contributed by atoms with Crippen LogP contribution in [0.5, 0.6) is 5.75 Å². The molecule has 1 aromatic heterocycles. The minimum Gasteiger partial charge on any atom is -0.487 e. The van der Waals surface area contributed by atoms with Crippen LogP contribution in [0, 0.1) is 0 Å². The molecule has 0 fully saturated rings. The quantitative estimate of drug-likeness (QED) is 0.906. The molecule has 0 bridgehead atoms. The number of thiazole rings is 1. The lowest BCUT2D eigenvalue weighted by molar-refractivity contribution is 0.301. The van der Waals surface area contributed by atoms with Crippen molar-refractivity contribution in [3.8, 4) is 5.75 Å². The van der Waals surface area contributed by atoms with Crippen molar-refractivity contribution in [3.05, 3.63) is 46.4 Å². The molecule has 102 valence electrons. The predicted octanol–water partition coefficient (Wildman–Crippen LogP) is 3.61. The first kappa shape index (κ1) is 14.0. The summed E-state index contributed by atoms with van der Waals surface area (Å²) in [5.41, 5.74) is 4.15. The number of hydrogen-bond acceptors (Lipinski definition) is 4. The fourth-order valence-corrected chi connectivity index (χ4v) is 2.12. The standard InChI is InChI=1S/C15H20N2OS/c1-15(2,3)17-8-12-5-4-6-14(7-12)18-9-13-10-19-11-16-13/h4-7,10-11,17H,8-9H2,1-3H3. The van der Waals surface area contributed by atoms with Crippen molar-refractivity contribution < 1.29 is 4.74 Å². The van der Waals surface area contributed by atoms with Crippen LogP contribution >= 0.6 is 11.3 Å². The van der Waals surface area contributed by atoms with E-state index >= 15 is 0 Å². The molecule has 3 nitrogen and oxygen atoms in total. The first-order valence-corrected chi connectivity index (χ1v) is 7.31. The third kappa shape index (κ3) is 5.01. The Hall–Kier alpha value is -1.39. The Morgan fingerprint density at radius 3 is 2.84 bits per heavy atom. The molecule has 4 heteroatoms. The Kier molecular flexibility index (Phi) is 4.56. The number of aromatic nitrogens is 1. The van der Waals surface area contributed by atoms with Gasteiger partial charge < -0.3 is 10.1 Å². The second-order valence-electron chi connectivity index (χ2n) is 5.52. The SMILES string of the molecule is CC(C)(C)NCc1cccc(OCc2cscn2)c1. The van der Waals surface area contributed by atoms with Crippen LogP contribution in [0.3, 0.4) is 0 Å². The lowest BCUT2D eigenvalue weighted by Crippen LogP contribution is -2.35. The molecule has 0 unspecified atom stereocenters. The molecule has 0 saturated carbocycles. The first-order chi connectivity index (χ1) is 9.03. The molecule has 19 heavy (non-hydrogen) atoms. The minimum atomic E-state index is 0.122. The van der Waals surface area contributed by atoms with Crippen molar-refractivity contribution in [1.82, 2.24) is 10.3 Å². The molecule has 2 rings (SSSR count). The van der Waals surface area contributed by atoms with Gasteiger partial charge in [-0.3, -0.25) is 0 Å². The summed E-state index contributed by atoms with van der Waals surface area (Å²) in [7, 11) is 0. The molecule has 0 aliphatic carbocycles. The van der Waals surface area contributed by atoms with Gasteiger partial charge in [-0.15, -0.1) is 11.3 Å². The largest absolute Gasteiger partial charge is 0.487 e. The zero-order valence-electron chi connectivity index (χ0n) is 11.6. The van der Waals surface area contributed by atoms with Gasteiger partial charge in [-0.25, -0.2) is 4.98 Å². The van der Waals surface area contributed by atoms with E-state index in [1.165, 1.54) is 5.56 Å². The summed E-state index contributed by atoms with van der Waals surface area (Å²) in [5, 5.41) is 5.47. The van der Waals surface area contributed by atoms with Crippen molar-refractivity contribution in [1.29, 1.82) is 0 Å². The van der Waals surface area contributed by atoms with Gasteiger partial charge in [0.05, 0.1) is 11.2 Å². The van der Waals surface area contributed by atoms with E-state index in [-0.39, 0.29) is 5.54 Å². The van der Waals surface area contributed by atoms with E-state index in [9.17, 15) is 0 Å². The van der Waals surface area contributed by atoms with E-state index < -0.39 is 0 Å². The molecular weight excluding hydrogens is 256 g/mol. The number of benzene rings is 1. The van der Waals surface area contributed by atoms with E-state index in [0.717, 1.165) is 18.0 Å². The van der Waals surface area contributed by atoms with Crippen molar-refractivity contribution in [2.45, 2.75) is 39.5 Å². The second kappa shape index (κ2) is 6.17. The number of hydrogen-bond donors (Lipinski definition) is 1. The molecule has 0 aliphatic rings. The maximum Gasteiger partial charge on any atom is 0.131 e. The smallest absolute Gasteiger partial charge is 0.131 e. The Morgan fingerprint density at radius 2 is 2.16 bits per heavy atom. The van der Waals surface area contributed by atoms with Crippen molar-refractivity contribution in [2.75, 3.05) is 0 Å². The Bertz CT molecular complexity index is 503. The van der Waals surface area contributed by atoms with Crippen molar-refractivity contribution in [3.63, 3.8) is 0 Å². The predicted molar refractivity (Wildman–Crippen MR) is 79.5 cm³/mol. The van der Waals surface area contributed by atoms with Crippen LogP contribution in [-0.4, -0.2) is 10.5 Å². The monoisotopic (exact) mass is 276 g/mol.